The Bertz CT molecular complexity index is 332. The number of carbonyl (C=O) groups excluding carboxylic acids is 1. The summed E-state index contributed by atoms with van der Waals surface area (Å²) in [4.78, 5) is 27.1. The molecule has 2 rings (SSSR count). The van der Waals surface area contributed by atoms with Gasteiger partial charge < -0.3 is 14.9 Å². The second-order valence-electron chi connectivity index (χ2n) is 5.22. The number of piperidine rings is 1. The molecule has 0 bridgehead atoms. The molecule has 0 radical (unpaired) electrons. The lowest BCUT2D eigenvalue weighted by Crippen LogP contribution is -2.52. The van der Waals surface area contributed by atoms with Gasteiger partial charge in [-0.2, -0.15) is 0 Å². The maximum Gasteiger partial charge on any atom is 0.326 e. The third kappa shape index (κ3) is 2.44. The summed E-state index contributed by atoms with van der Waals surface area (Å²) < 4.78 is 0. The van der Waals surface area contributed by atoms with Crippen molar-refractivity contribution in [1.29, 1.82) is 0 Å². The lowest BCUT2D eigenvalue weighted by Gasteiger charge is -2.38. The Kier molecular flexibility index (Phi) is 4.09. The molecule has 2 amide bonds. The normalized spacial score (nSPS) is 28.5. The van der Waals surface area contributed by atoms with Gasteiger partial charge in [0.25, 0.3) is 0 Å². The number of amides is 2. The standard InChI is InChI=1S/C13H22N2O3/c1-2-10-6-3-4-8-14(10)13(18)15-9-5-7-11(15)12(16)17/h10-11H,2-9H2,1H3,(H,16,17)/t10?,11-/m0/s1. The Labute approximate surface area is 108 Å². The molecule has 0 aromatic rings. The van der Waals surface area contributed by atoms with Crippen LogP contribution in [0.4, 0.5) is 4.79 Å². The van der Waals surface area contributed by atoms with Crippen LogP contribution in [0.5, 0.6) is 0 Å². The lowest BCUT2D eigenvalue weighted by molar-refractivity contribution is -0.141. The van der Waals surface area contributed by atoms with Gasteiger partial charge in [0.1, 0.15) is 6.04 Å². The number of nitrogens with zero attached hydrogens (tertiary/aromatic N) is 2. The van der Waals surface area contributed by atoms with E-state index in [0.717, 1.165) is 32.2 Å². The van der Waals surface area contributed by atoms with Crippen LogP contribution >= 0.6 is 0 Å². The fourth-order valence-electron chi connectivity index (χ4n) is 3.09. The third-order valence-corrected chi connectivity index (χ3v) is 4.13. The van der Waals surface area contributed by atoms with Gasteiger partial charge in [0.05, 0.1) is 0 Å². The van der Waals surface area contributed by atoms with Crippen LogP contribution in [0.3, 0.4) is 0 Å². The molecule has 2 aliphatic heterocycles. The zero-order valence-electron chi connectivity index (χ0n) is 11.0. The van der Waals surface area contributed by atoms with Crippen molar-refractivity contribution < 1.29 is 14.7 Å². The predicted molar refractivity (Wildman–Crippen MR) is 67.4 cm³/mol. The summed E-state index contributed by atoms with van der Waals surface area (Å²) in [6.07, 6.45) is 5.60. The molecule has 0 aliphatic carbocycles. The van der Waals surface area contributed by atoms with Gasteiger partial charge >= 0.3 is 12.0 Å². The first-order valence-corrected chi connectivity index (χ1v) is 6.95. The van der Waals surface area contributed by atoms with E-state index in [0.29, 0.717) is 19.0 Å². The minimum Gasteiger partial charge on any atom is -0.480 e. The van der Waals surface area contributed by atoms with E-state index >= 15 is 0 Å². The largest absolute Gasteiger partial charge is 0.480 e. The number of aliphatic carboxylic acids is 1. The lowest BCUT2D eigenvalue weighted by atomic mass is 10.0. The van der Waals surface area contributed by atoms with Crippen molar-refractivity contribution in [2.75, 3.05) is 13.1 Å². The Morgan fingerprint density at radius 1 is 1.11 bits per heavy atom. The summed E-state index contributed by atoms with van der Waals surface area (Å²) in [5, 5.41) is 9.14. The molecule has 0 saturated carbocycles. The van der Waals surface area contributed by atoms with Gasteiger partial charge in [-0.15, -0.1) is 0 Å². The molecule has 1 unspecified atom stereocenters. The highest BCUT2D eigenvalue weighted by Gasteiger charge is 2.38. The average Bonchev–Trinajstić information content (AvgIpc) is 2.87. The first kappa shape index (κ1) is 13.2. The number of carboxylic acids is 1. The van der Waals surface area contributed by atoms with Crippen molar-refractivity contribution >= 4 is 12.0 Å². The van der Waals surface area contributed by atoms with Gasteiger partial charge in [0, 0.05) is 19.1 Å². The van der Waals surface area contributed by atoms with Crippen molar-refractivity contribution in [3.05, 3.63) is 0 Å². The second-order valence-corrected chi connectivity index (χ2v) is 5.22. The molecule has 5 nitrogen and oxygen atoms in total. The molecule has 102 valence electrons. The van der Waals surface area contributed by atoms with Crippen LogP contribution in [-0.2, 0) is 4.79 Å². The van der Waals surface area contributed by atoms with Crippen LogP contribution in [-0.4, -0.2) is 52.1 Å². The number of rotatable bonds is 2. The van der Waals surface area contributed by atoms with Crippen LogP contribution in [0.15, 0.2) is 0 Å². The number of hydrogen-bond donors (Lipinski definition) is 1. The monoisotopic (exact) mass is 254 g/mol. The van der Waals surface area contributed by atoms with Gasteiger partial charge in [0.15, 0.2) is 0 Å². The van der Waals surface area contributed by atoms with E-state index in [9.17, 15) is 9.59 Å². The fourth-order valence-corrected chi connectivity index (χ4v) is 3.09. The van der Waals surface area contributed by atoms with Crippen molar-refractivity contribution in [2.45, 2.75) is 57.5 Å². The summed E-state index contributed by atoms with van der Waals surface area (Å²) in [6, 6.07) is -0.385. The second kappa shape index (κ2) is 5.59. The Morgan fingerprint density at radius 2 is 1.83 bits per heavy atom. The smallest absolute Gasteiger partial charge is 0.326 e. The molecule has 2 heterocycles. The average molecular weight is 254 g/mol. The molecule has 0 aromatic heterocycles. The summed E-state index contributed by atoms with van der Waals surface area (Å²) in [6.45, 7) is 3.46. The number of likely N-dealkylation sites (tertiary alicyclic amines) is 2. The Hall–Kier alpha value is -1.26. The quantitative estimate of drug-likeness (QED) is 0.819. The molecule has 2 saturated heterocycles. The molecular formula is C13H22N2O3. The molecule has 1 N–H and O–H groups in total. The first-order chi connectivity index (χ1) is 8.65. The molecule has 2 atom stereocenters. The topological polar surface area (TPSA) is 60.9 Å². The minimum atomic E-state index is -0.870. The first-order valence-electron chi connectivity index (χ1n) is 6.95. The van der Waals surface area contributed by atoms with Gasteiger partial charge in [-0.05, 0) is 38.5 Å². The molecule has 18 heavy (non-hydrogen) atoms. The Morgan fingerprint density at radius 3 is 2.50 bits per heavy atom. The van der Waals surface area contributed by atoms with Crippen LogP contribution in [0.2, 0.25) is 0 Å². The molecule has 5 heteroatoms. The van der Waals surface area contributed by atoms with Gasteiger partial charge in [0.2, 0.25) is 0 Å². The van der Waals surface area contributed by atoms with Crippen LogP contribution < -0.4 is 0 Å². The van der Waals surface area contributed by atoms with Crippen molar-refractivity contribution in [3.63, 3.8) is 0 Å². The van der Waals surface area contributed by atoms with Crippen LogP contribution in [0.1, 0.15) is 45.4 Å². The van der Waals surface area contributed by atoms with Crippen molar-refractivity contribution in [1.82, 2.24) is 9.80 Å². The zero-order valence-corrected chi connectivity index (χ0v) is 11.0. The summed E-state index contributed by atoms with van der Waals surface area (Å²) in [5.41, 5.74) is 0. The van der Waals surface area contributed by atoms with E-state index in [1.165, 1.54) is 6.42 Å². The molecule has 2 aliphatic rings. The number of hydrogen-bond acceptors (Lipinski definition) is 2. The number of carboxylic acid groups (broad SMARTS) is 1. The van der Waals surface area contributed by atoms with Crippen LogP contribution in [0.25, 0.3) is 0 Å². The number of urea groups is 1. The molecule has 0 spiro atoms. The fraction of sp³-hybridized carbons (Fsp3) is 0.846. The number of carbonyl (C=O) groups is 2. The summed E-state index contributed by atoms with van der Waals surface area (Å²) >= 11 is 0. The summed E-state index contributed by atoms with van der Waals surface area (Å²) in [7, 11) is 0. The highest BCUT2D eigenvalue weighted by molar-refractivity contribution is 5.83. The van der Waals surface area contributed by atoms with E-state index in [2.05, 4.69) is 6.92 Å². The van der Waals surface area contributed by atoms with E-state index < -0.39 is 12.0 Å². The SMILES string of the molecule is CCC1CCCCN1C(=O)N1CCC[C@H]1C(=O)O. The molecule has 0 aromatic carbocycles. The summed E-state index contributed by atoms with van der Waals surface area (Å²) in [5.74, 6) is -0.870. The van der Waals surface area contributed by atoms with Gasteiger partial charge in [-0.3, -0.25) is 0 Å². The van der Waals surface area contributed by atoms with Gasteiger partial charge in [-0.25, -0.2) is 9.59 Å². The van der Waals surface area contributed by atoms with E-state index in [4.69, 9.17) is 5.11 Å². The van der Waals surface area contributed by atoms with E-state index in [-0.39, 0.29) is 6.03 Å². The predicted octanol–water partition coefficient (Wildman–Crippen LogP) is 1.92. The van der Waals surface area contributed by atoms with E-state index in [1.54, 1.807) is 4.90 Å². The molecule has 2 fully saturated rings. The van der Waals surface area contributed by atoms with Gasteiger partial charge in [-0.1, -0.05) is 6.92 Å². The third-order valence-electron chi connectivity index (χ3n) is 4.13. The maximum absolute atomic E-state index is 12.5. The Balaban J connectivity index is 2.07. The highest BCUT2D eigenvalue weighted by atomic mass is 16.4. The van der Waals surface area contributed by atoms with Crippen molar-refractivity contribution in [2.24, 2.45) is 0 Å². The van der Waals surface area contributed by atoms with Crippen molar-refractivity contribution in [3.8, 4) is 0 Å². The minimum absolute atomic E-state index is 0.0635. The highest BCUT2D eigenvalue weighted by Crippen LogP contribution is 2.25. The zero-order chi connectivity index (χ0) is 13.1. The maximum atomic E-state index is 12.5. The molecular weight excluding hydrogens is 232 g/mol. The van der Waals surface area contributed by atoms with Crippen LogP contribution in [0, 0.1) is 0 Å². The van der Waals surface area contributed by atoms with E-state index in [1.807, 2.05) is 4.90 Å².